The van der Waals surface area contributed by atoms with Crippen molar-refractivity contribution in [2.75, 3.05) is 19.7 Å². The molecule has 0 radical (unpaired) electrons. The summed E-state index contributed by atoms with van der Waals surface area (Å²) in [5.74, 6) is -2.54. The van der Waals surface area contributed by atoms with Crippen LogP contribution in [0.2, 0.25) is 0 Å². The van der Waals surface area contributed by atoms with Crippen molar-refractivity contribution in [1.82, 2.24) is 0 Å². The molecule has 0 aromatic heterocycles. The summed E-state index contributed by atoms with van der Waals surface area (Å²) < 4.78 is 60.1. The van der Waals surface area contributed by atoms with Gasteiger partial charge in [-0.15, -0.1) is 0 Å². The first-order valence-corrected chi connectivity index (χ1v) is 11.3. The van der Waals surface area contributed by atoms with Gasteiger partial charge in [0.2, 0.25) is 5.82 Å². The normalized spacial score (nSPS) is 18.3. The van der Waals surface area contributed by atoms with E-state index in [4.69, 9.17) is 14.2 Å². The van der Waals surface area contributed by atoms with E-state index in [0.29, 0.717) is 29.9 Å². The minimum Gasteiger partial charge on any atom is -0.500 e. The Bertz CT molecular complexity index is 1100. The summed E-state index contributed by atoms with van der Waals surface area (Å²) in [5.41, 5.74) is 2.70. The molecule has 33 heavy (non-hydrogen) atoms. The predicted octanol–water partition coefficient (Wildman–Crippen LogP) is 5.66. The van der Waals surface area contributed by atoms with Gasteiger partial charge in [-0.25, -0.2) is 8.78 Å². The van der Waals surface area contributed by atoms with E-state index >= 15 is 0 Å². The Morgan fingerprint density at radius 3 is 2.18 bits per heavy atom. The number of benzene rings is 3. The molecular weight excluding hydrogens is 428 g/mol. The molecule has 0 atom stereocenters. The molecule has 0 bridgehead atoms. The van der Waals surface area contributed by atoms with Gasteiger partial charge in [-0.3, -0.25) is 0 Å². The fourth-order valence-electron chi connectivity index (χ4n) is 4.03. The number of hydrogen-bond donors (Lipinski definition) is 0. The second-order valence-corrected chi connectivity index (χ2v) is 8.07. The van der Waals surface area contributed by atoms with Crippen LogP contribution in [0.25, 0.3) is 22.3 Å². The molecule has 0 N–H and O–H groups in total. The second kappa shape index (κ2) is 10.4. The summed E-state index contributed by atoms with van der Waals surface area (Å²) in [5, 5.41) is 0. The Morgan fingerprint density at radius 2 is 1.55 bits per heavy atom. The number of hydrogen-bond acceptors (Lipinski definition) is 3. The zero-order valence-electron chi connectivity index (χ0n) is 18.7. The maximum Gasteiger partial charge on any atom is 0.201 e. The Hall–Kier alpha value is -2.77. The largest absolute Gasteiger partial charge is 0.500 e. The van der Waals surface area contributed by atoms with E-state index in [0.717, 1.165) is 18.4 Å². The van der Waals surface area contributed by atoms with Crippen LogP contribution in [0.1, 0.15) is 31.2 Å². The Labute approximate surface area is 192 Å². The molecule has 1 heterocycles. The van der Waals surface area contributed by atoms with E-state index in [1.54, 1.807) is 38.2 Å². The maximum absolute atomic E-state index is 14.9. The molecular formula is C26H26BF3O3. The van der Waals surface area contributed by atoms with Crippen molar-refractivity contribution in [2.24, 2.45) is 0 Å². The minimum absolute atomic E-state index is 0.111. The number of rotatable bonds is 7. The van der Waals surface area contributed by atoms with Gasteiger partial charge in [-0.05, 0) is 46.9 Å². The first kappa shape index (κ1) is 23.4. The van der Waals surface area contributed by atoms with Gasteiger partial charge in [0.25, 0.3) is 0 Å². The van der Waals surface area contributed by atoms with Gasteiger partial charge in [-0.1, -0.05) is 49.7 Å². The van der Waals surface area contributed by atoms with Gasteiger partial charge in [-0.2, -0.15) is 4.39 Å². The van der Waals surface area contributed by atoms with Crippen LogP contribution in [-0.2, 0) is 9.47 Å². The topological polar surface area (TPSA) is 27.7 Å². The third-order valence-electron chi connectivity index (χ3n) is 5.81. The van der Waals surface area contributed by atoms with Crippen molar-refractivity contribution in [3.63, 3.8) is 0 Å². The zero-order valence-corrected chi connectivity index (χ0v) is 18.7. The smallest absolute Gasteiger partial charge is 0.201 e. The molecule has 0 unspecified atom stereocenters. The molecule has 3 nitrogen and oxygen atoms in total. The van der Waals surface area contributed by atoms with E-state index in [1.165, 1.54) is 18.2 Å². The van der Waals surface area contributed by atoms with E-state index in [9.17, 15) is 13.2 Å². The highest BCUT2D eigenvalue weighted by molar-refractivity contribution is 6.08. The molecule has 1 aliphatic heterocycles. The average molecular weight is 454 g/mol. The molecule has 1 aliphatic rings. The molecule has 0 saturated carbocycles. The minimum atomic E-state index is -1.01. The average Bonchev–Trinajstić information content (AvgIpc) is 2.83. The molecule has 0 aliphatic carbocycles. The van der Waals surface area contributed by atoms with Crippen LogP contribution < -0.4 is 4.74 Å². The molecule has 0 amide bonds. The molecule has 1 saturated heterocycles. The van der Waals surface area contributed by atoms with Gasteiger partial charge in [0.1, 0.15) is 5.82 Å². The van der Waals surface area contributed by atoms with Crippen molar-refractivity contribution >= 4 is 7.85 Å². The molecule has 0 spiro atoms. The quantitative estimate of drug-likeness (QED) is 0.431. The molecule has 7 heteroatoms. The summed E-state index contributed by atoms with van der Waals surface area (Å²) in [7, 11) is 1.71. The molecule has 3 aromatic carbocycles. The molecule has 3 aromatic rings. The Morgan fingerprint density at radius 1 is 0.879 bits per heavy atom. The fourth-order valence-corrected chi connectivity index (χ4v) is 4.03. The third-order valence-corrected chi connectivity index (χ3v) is 5.81. The van der Waals surface area contributed by atoms with Crippen molar-refractivity contribution in [3.05, 3.63) is 77.6 Å². The highest BCUT2D eigenvalue weighted by atomic mass is 19.2. The van der Waals surface area contributed by atoms with Crippen LogP contribution in [0.4, 0.5) is 13.2 Å². The van der Waals surface area contributed by atoms with Crippen LogP contribution in [0, 0.1) is 17.5 Å². The Kier molecular flexibility index (Phi) is 7.41. The van der Waals surface area contributed by atoms with Crippen LogP contribution in [0.5, 0.6) is 5.75 Å². The van der Waals surface area contributed by atoms with E-state index < -0.39 is 11.6 Å². The monoisotopic (exact) mass is 454 g/mol. The van der Waals surface area contributed by atoms with Gasteiger partial charge in [0.05, 0.1) is 19.7 Å². The Balaban J connectivity index is 1.51. The molecule has 172 valence electrons. The lowest BCUT2D eigenvalue weighted by atomic mass is 9.95. The second-order valence-electron chi connectivity index (χ2n) is 8.07. The van der Waals surface area contributed by atoms with Crippen LogP contribution in [0.15, 0.2) is 54.6 Å². The SMILES string of the molecule is BCOc1ccc(-c2ccc(-c3ccc(C4COC(CCC)OC4)c(F)c3)cc2)c(F)c1F. The lowest BCUT2D eigenvalue weighted by molar-refractivity contribution is -0.190. The van der Waals surface area contributed by atoms with Crippen molar-refractivity contribution < 1.29 is 27.4 Å². The molecule has 4 rings (SSSR count). The van der Waals surface area contributed by atoms with Gasteiger partial charge >= 0.3 is 0 Å². The maximum atomic E-state index is 14.9. The van der Waals surface area contributed by atoms with Gasteiger partial charge in [0, 0.05) is 11.5 Å². The van der Waals surface area contributed by atoms with Crippen molar-refractivity contribution in [1.29, 1.82) is 0 Å². The summed E-state index contributed by atoms with van der Waals surface area (Å²) in [6.07, 6.45) is 1.59. The third kappa shape index (κ3) is 5.10. The first-order chi connectivity index (χ1) is 16.0. The van der Waals surface area contributed by atoms with Crippen LogP contribution in [0.3, 0.4) is 0 Å². The predicted molar refractivity (Wildman–Crippen MR) is 125 cm³/mol. The summed E-state index contributed by atoms with van der Waals surface area (Å²) >= 11 is 0. The lowest BCUT2D eigenvalue weighted by Gasteiger charge is -2.29. The van der Waals surface area contributed by atoms with Crippen LogP contribution in [-0.4, -0.2) is 33.9 Å². The van der Waals surface area contributed by atoms with Gasteiger partial charge in [0.15, 0.2) is 25.7 Å². The fraction of sp³-hybridized carbons (Fsp3) is 0.308. The highest BCUT2D eigenvalue weighted by Gasteiger charge is 2.25. The summed E-state index contributed by atoms with van der Waals surface area (Å²) in [6.45, 7) is 3.18. The zero-order chi connectivity index (χ0) is 23.4. The number of halogens is 3. The van der Waals surface area contributed by atoms with E-state index in [-0.39, 0.29) is 35.8 Å². The summed E-state index contributed by atoms with van der Waals surface area (Å²) in [4.78, 5) is 0. The van der Waals surface area contributed by atoms with E-state index in [2.05, 4.69) is 6.92 Å². The van der Waals surface area contributed by atoms with Crippen molar-refractivity contribution in [2.45, 2.75) is 32.0 Å². The van der Waals surface area contributed by atoms with Crippen molar-refractivity contribution in [3.8, 4) is 28.0 Å². The lowest BCUT2D eigenvalue weighted by Crippen LogP contribution is -2.31. The molecule has 1 fully saturated rings. The van der Waals surface area contributed by atoms with E-state index in [1.807, 2.05) is 6.07 Å². The highest BCUT2D eigenvalue weighted by Crippen LogP contribution is 2.33. The van der Waals surface area contributed by atoms with Gasteiger partial charge < -0.3 is 14.2 Å². The number of ether oxygens (including phenoxy) is 3. The summed E-state index contributed by atoms with van der Waals surface area (Å²) in [6, 6.07) is 14.9. The standard InChI is InChI=1S/C26H26BF3O3/c1-2-3-24-31-13-19(14-32-24)20-9-8-18(12-22(20)28)16-4-6-17(7-5-16)21-10-11-23(33-15-27)26(30)25(21)29/h4-12,19,24H,2-3,13-15,27H2,1H3. The van der Waals surface area contributed by atoms with Crippen LogP contribution >= 0.6 is 0 Å². The first-order valence-electron chi connectivity index (χ1n) is 11.3.